The van der Waals surface area contributed by atoms with E-state index in [1.807, 2.05) is 87.5 Å². The highest BCUT2D eigenvalue weighted by Crippen LogP contribution is 2.28. The Labute approximate surface area is 227 Å². The summed E-state index contributed by atoms with van der Waals surface area (Å²) in [6.45, 7) is 6.42. The fourth-order valence-corrected chi connectivity index (χ4v) is 4.43. The van der Waals surface area contributed by atoms with E-state index in [1.165, 1.54) is 0 Å². The van der Waals surface area contributed by atoms with Gasteiger partial charge in [0.25, 0.3) is 0 Å². The first-order chi connectivity index (χ1) is 18.3. The van der Waals surface area contributed by atoms with Crippen LogP contribution in [0.25, 0.3) is 0 Å². The molecule has 6 heteroatoms. The molecule has 0 heterocycles. The first-order valence-corrected chi connectivity index (χ1v) is 13.2. The van der Waals surface area contributed by atoms with Crippen LogP contribution < -0.4 is 14.8 Å². The number of hydrogen-bond acceptors (Lipinski definition) is 4. The van der Waals surface area contributed by atoms with E-state index in [9.17, 15) is 9.59 Å². The van der Waals surface area contributed by atoms with Gasteiger partial charge in [-0.05, 0) is 55.5 Å². The third kappa shape index (κ3) is 8.10. The molecule has 0 unspecified atom stereocenters. The van der Waals surface area contributed by atoms with Gasteiger partial charge < -0.3 is 19.7 Å². The summed E-state index contributed by atoms with van der Waals surface area (Å²) in [5.41, 5.74) is 4.09. The Morgan fingerprint density at radius 3 is 2.24 bits per heavy atom. The monoisotopic (exact) mass is 516 g/mol. The molecule has 0 bridgehead atoms. The molecule has 202 valence electrons. The molecule has 0 fully saturated rings. The van der Waals surface area contributed by atoms with E-state index in [2.05, 4.69) is 11.4 Å². The zero-order chi connectivity index (χ0) is 27.5. The Morgan fingerprint density at radius 2 is 1.58 bits per heavy atom. The van der Waals surface area contributed by atoms with E-state index >= 15 is 0 Å². The second-order valence-electron chi connectivity index (χ2n) is 9.72. The van der Waals surface area contributed by atoms with Crippen LogP contribution in [-0.4, -0.2) is 43.0 Å². The average Bonchev–Trinajstić information content (AvgIpc) is 2.93. The molecule has 1 N–H and O–H groups in total. The summed E-state index contributed by atoms with van der Waals surface area (Å²) in [6, 6.07) is 23.0. The second kappa shape index (κ2) is 14.2. The standard InChI is InChI=1S/C32H40N2O4/c1-6-24(3)33-32(36)28(20-25-12-8-7-9-13-25)34(22-27-14-10-11-23(2)19-27)31(35)18-16-26-15-17-29(37-4)30(21-26)38-5/h7-15,17,19,21,24,28H,6,16,18,20,22H2,1-5H3,(H,33,36)/t24-,28-/m1/s1. The van der Waals surface area contributed by atoms with Crippen LogP contribution >= 0.6 is 0 Å². The number of carbonyl (C=O) groups excluding carboxylic acids is 2. The molecule has 3 rings (SSSR count). The van der Waals surface area contributed by atoms with Crippen LogP contribution in [0.4, 0.5) is 0 Å². The smallest absolute Gasteiger partial charge is 0.243 e. The van der Waals surface area contributed by atoms with Crippen LogP contribution in [-0.2, 0) is 29.0 Å². The fourth-order valence-electron chi connectivity index (χ4n) is 4.43. The zero-order valence-electron chi connectivity index (χ0n) is 23.2. The first kappa shape index (κ1) is 28.8. The largest absolute Gasteiger partial charge is 0.493 e. The van der Waals surface area contributed by atoms with Gasteiger partial charge in [0.05, 0.1) is 14.2 Å². The lowest BCUT2D eigenvalue weighted by molar-refractivity contribution is -0.141. The number of carbonyl (C=O) groups is 2. The number of nitrogens with zero attached hydrogens (tertiary/aromatic N) is 1. The molecule has 0 saturated carbocycles. The molecule has 0 radical (unpaired) electrons. The normalized spacial score (nSPS) is 12.3. The predicted octanol–water partition coefficient (Wildman–Crippen LogP) is 5.50. The number of hydrogen-bond donors (Lipinski definition) is 1. The number of rotatable bonds is 13. The summed E-state index contributed by atoms with van der Waals surface area (Å²) in [5, 5.41) is 3.12. The van der Waals surface area contributed by atoms with Gasteiger partial charge in [0.2, 0.25) is 11.8 Å². The van der Waals surface area contributed by atoms with Crippen molar-refractivity contribution in [3.8, 4) is 11.5 Å². The fraction of sp³-hybridized carbons (Fsp3) is 0.375. The topological polar surface area (TPSA) is 67.9 Å². The molecule has 2 atom stereocenters. The van der Waals surface area contributed by atoms with Crippen LogP contribution in [0.5, 0.6) is 11.5 Å². The number of aryl methyl sites for hydroxylation is 2. The van der Waals surface area contributed by atoms with Crippen molar-refractivity contribution in [3.63, 3.8) is 0 Å². The minimum atomic E-state index is -0.634. The van der Waals surface area contributed by atoms with E-state index in [0.29, 0.717) is 30.9 Å². The molecule has 0 aromatic heterocycles. The zero-order valence-corrected chi connectivity index (χ0v) is 23.2. The highest BCUT2D eigenvalue weighted by atomic mass is 16.5. The maximum absolute atomic E-state index is 13.9. The van der Waals surface area contributed by atoms with E-state index in [0.717, 1.165) is 28.7 Å². The molecule has 3 aromatic carbocycles. The van der Waals surface area contributed by atoms with Crippen LogP contribution in [0, 0.1) is 6.92 Å². The van der Waals surface area contributed by atoms with Gasteiger partial charge >= 0.3 is 0 Å². The molecule has 0 aliphatic carbocycles. The minimum absolute atomic E-state index is 0.0171. The Morgan fingerprint density at radius 1 is 0.868 bits per heavy atom. The van der Waals surface area contributed by atoms with Crippen LogP contribution in [0.3, 0.4) is 0 Å². The van der Waals surface area contributed by atoms with Gasteiger partial charge in [0, 0.05) is 25.4 Å². The Kier molecular flexibility index (Phi) is 10.8. The summed E-state index contributed by atoms with van der Waals surface area (Å²) in [4.78, 5) is 29.2. The molecular formula is C32H40N2O4. The third-order valence-corrected chi connectivity index (χ3v) is 6.78. The van der Waals surface area contributed by atoms with Gasteiger partial charge in [-0.25, -0.2) is 0 Å². The van der Waals surface area contributed by atoms with E-state index in [1.54, 1.807) is 19.1 Å². The van der Waals surface area contributed by atoms with Gasteiger partial charge in [-0.3, -0.25) is 9.59 Å². The van der Waals surface area contributed by atoms with Crippen molar-refractivity contribution in [2.24, 2.45) is 0 Å². The summed E-state index contributed by atoms with van der Waals surface area (Å²) in [5.74, 6) is 1.08. The number of amides is 2. The van der Waals surface area contributed by atoms with Crippen molar-refractivity contribution in [1.82, 2.24) is 10.2 Å². The van der Waals surface area contributed by atoms with Crippen LogP contribution in [0.1, 0.15) is 48.9 Å². The molecule has 6 nitrogen and oxygen atoms in total. The molecule has 0 aliphatic heterocycles. The minimum Gasteiger partial charge on any atom is -0.493 e. The highest BCUT2D eigenvalue weighted by molar-refractivity contribution is 5.88. The maximum atomic E-state index is 13.9. The van der Waals surface area contributed by atoms with Gasteiger partial charge in [-0.1, -0.05) is 73.2 Å². The van der Waals surface area contributed by atoms with Gasteiger partial charge in [-0.2, -0.15) is 0 Å². The van der Waals surface area contributed by atoms with E-state index in [-0.39, 0.29) is 24.3 Å². The lowest BCUT2D eigenvalue weighted by Gasteiger charge is -2.32. The molecule has 0 aliphatic rings. The van der Waals surface area contributed by atoms with Crippen LogP contribution in [0.2, 0.25) is 0 Å². The van der Waals surface area contributed by atoms with Crippen molar-refractivity contribution in [2.45, 2.75) is 65.1 Å². The Bertz CT molecular complexity index is 1200. The summed E-state index contributed by atoms with van der Waals surface area (Å²) in [6.07, 6.45) is 2.05. The van der Waals surface area contributed by atoms with Crippen LogP contribution in [0.15, 0.2) is 72.8 Å². The van der Waals surface area contributed by atoms with Gasteiger partial charge in [0.1, 0.15) is 6.04 Å². The number of ether oxygens (including phenoxy) is 2. The van der Waals surface area contributed by atoms with Gasteiger partial charge in [0.15, 0.2) is 11.5 Å². The molecule has 2 amide bonds. The molecule has 3 aromatic rings. The number of benzene rings is 3. The van der Waals surface area contributed by atoms with Gasteiger partial charge in [-0.15, -0.1) is 0 Å². The van der Waals surface area contributed by atoms with Crippen molar-refractivity contribution in [1.29, 1.82) is 0 Å². The van der Waals surface area contributed by atoms with E-state index in [4.69, 9.17) is 9.47 Å². The second-order valence-corrected chi connectivity index (χ2v) is 9.72. The maximum Gasteiger partial charge on any atom is 0.243 e. The first-order valence-electron chi connectivity index (χ1n) is 13.2. The summed E-state index contributed by atoms with van der Waals surface area (Å²) >= 11 is 0. The van der Waals surface area contributed by atoms with Crippen molar-refractivity contribution in [2.75, 3.05) is 14.2 Å². The summed E-state index contributed by atoms with van der Waals surface area (Å²) < 4.78 is 10.8. The quantitative estimate of drug-likeness (QED) is 0.326. The lowest BCUT2D eigenvalue weighted by Crippen LogP contribution is -2.52. The average molecular weight is 517 g/mol. The van der Waals surface area contributed by atoms with Crippen molar-refractivity contribution in [3.05, 3.63) is 95.1 Å². The molecular weight excluding hydrogens is 476 g/mol. The van der Waals surface area contributed by atoms with Crippen molar-refractivity contribution >= 4 is 11.8 Å². The third-order valence-electron chi connectivity index (χ3n) is 6.78. The number of methoxy groups -OCH3 is 2. The predicted molar refractivity (Wildman–Crippen MR) is 151 cm³/mol. The molecule has 38 heavy (non-hydrogen) atoms. The Hall–Kier alpha value is -3.80. The SMILES string of the molecule is CC[C@@H](C)NC(=O)[C@@H](Cc1ccccc1)N(Cc1cccc(C)c1)C(=O)CCc1ccc(OC)c(OC)c1. The Balaban J connectivity index is 1.91. The summed E-state index contributed by atoms with van der Waals surface area (Å²) in [7, 11) is 3.20. The molecule has 0 saturated heterocycles. The van der Waals surface area contributed by atoms with E-state index < -0.39 is 6.04 Å². The lowest BCUT2D eigenvalue weighted by atomic mass is 10.0. The van der Waals surface area contributed by atoms with Crippen molar-refractivity contribution < 1.29 is 19.1 Å². The highest BCUT2D eigenvalue weighted by Gasteiger charge is 2.30. The molecule has 0 spiro atoms. The number of nitrogens with one attached hydrogen (secondary N) is 1.